The molecule has 0 saturated heterocycles. The Labute approximate surface area is 232 Å². The molecule has 0 radical (unpaired) electrons. The normalized spacial score (nSPS) is 12.2. The molecule has 0 heterocycles. The van der Waals surface area contributed by atoms with Crippen LogP contribution >= 0.6 is 0 Å². The van der Waals surface area contributed by atoms with Gasteiger partial charge >= 0.3 is 0 Å². The summed E-state index contributed by atoms with van der Waals surface area (Å²) in [6.45, 7) is 11.6. The number of likely N-dealkylation sites (N-methyl/N-ethyl adjacent to an activating group) is 1. The molecule has 3 aromatic carbocycles. The molecule has 1 unspecified atom stereocenters. The number of nitrogens with one attached hydrogen (secondary N) is 1. The molecule has 0 aliphatic heterocycles. The molecule has 0 spiro atoms. The van der Waals surface area contributed by atoms with Crippen molar-refractivity contribution in [1.29, 1.82) is 0 Å². The number of hydrogen-bond donors (Lipinski definition) is 1. The van der Waals surface area contributed by atoms with Crippen LogP contribution in [0.3, 0.4) is 0 Å². The number of carbonyl (C=O) groups is 2. The van der Waals surface area contributed by atoms with E-state index in [-0.39, 0.29) is 23.3 Å². The summed E-state index contributed by atoms with van der Waals surface area (Å²) in [6, 6.07) is 20.7. The average Bonchev–Trinajstić information content (AvgIpc) is 2.91. The van der Waals surface area contributed by atoms with Crippen molar-refractivity contribution in [2.75, 3.05) is 17.4 Å². The number of rotatable bonds is 11. The van der Waals surface area contributed by atoms with Crippen molar-refractivity contribution >= 4 is 27.5 Å². The minimum Gasteiger partial charge on any atom is -0.355 e. The van der Waals surface area contributed by atoms with E-state index in [0.717, 1.165) is 26.6 Å². The predicted octanol–water partition coefficient (Wildman–Crippen LogP) is 5.18. The van der Waals surface area contributed by atoms with E-state index >= 15 is 0 Å². The molecule has 2 amide bonds. The smallest absolute Gasteiger partial charge is 0.264 e. The molecule has 3 rings (SSSR count). The lowest BCUT2D eigenvalue weighted by Gasteiger charge is -2.32. The van der Waals surface area contributed by atoms with Gasteiger partial charge in [-0.25, -0.2) is 8.42 Å². The van der Waals surface area contributed by atoms with Crippen LogP contribution in [0.2, 0.25) is 0 Å². The first-order valence-electron chi connectivity index (χ1n) is 13.3. The number of nitrogens with zero attached hydrogens (tertiary/aromatic N) is 2. The molecule has 8 heteroatoms. The summed E-state index contributed by atoms with van der Waals surface area (Å²) < 4.78 is 28.9. The maximum atomic E-state index is 13.9. The second-order valence-electron chi connectivity index (χ2n) is 10.1. The van der Waals surface area contributed by atoms with Crippen LogP contribution in [0.25, 0.3) is 0 Å². The Morgan fingerprint density at radius 3 is 1.87 bits per heavy atom. The van der Waals surface area contributed by atoms with E-state index in [1.165, 1.54) is 4.90 Å². The van der Waals surface area contributed by atoms with Crippen LogP contribution in [-0.4, -0.2) is 44.3 Å². The minimum absolute atomic E-state index is 0.0932. The molecule has 7 nitrogen and oxygen atoms in total. The summed E-state index contributed by atoms with van der Waals surface area (Å²) in [7, 11) is -4.08. The highest BCUT2D eigenvalue weighted by atomic mass is 32.2. The van der Waals surface area contributed by atoms with E-state index < -0.39 is 28.5 Å². The number of amides is 2. The first-order valence-corrected chi connectivity index (χ1v) is 14.7. The highest BCUT2D eigenvalue weighted by Gasteiger charge is 2.32. The Bertz CT molecular complexity index is 1370. The predicted molar refractivity (Wildman–Crippen MR) is 156 cm³/mol. The Balaban J connectivity index is 2.03. The van der Waals surface area contributed by atoms with Gasteiger partial charge in [-0.2, -0.15) is 0 Å². The topological polar surface area (TPSA) is 86.8 Å². The van der Waals surface area contributed by atoms with Gasteiger partial charge in [0.15, 0.2) is 0 Å². The molecular formula is C31H39N3O4S. The van der Waals surface area contributed by atoms with Crippen LogP contribution in [0.5, 0.6) is 0 Å². The van der Waals surface area contributed by atoms with Gasteiger partial charge in [-0.05, 0) is 69.0 Å². The summed E-state index contributed by atoms with van der Waals surface area (Å²) in [5.74, 6) is -0.504. The van der Waals surface area contributed by atoms with Crippen molar-refractivity contribution in [2.24, 2.45) is 0 Å². The molecule has 0 saturated carbocycles. The summed E-state index contributed by atoms with van der Waals surface area (Å²) in [5, 5.41) is 2.77. The van der Waals surface area contributed by atoms with Gasteiger partial charge < -0.3 is 10.2 Å². The fraction of sp³-hybridized carbons (Fsp3) is 0.355. The van der Waals surface area contributed by atoms with E-state index in [1.807, 2.05) is 57.2 Å². The maximum Gasteiger partial charge on any atom is 0.264 e. The van der Waals surface area contributed by atoms with Crippen LogP contribution in [0.4, 0.5) is 5.69 Å². The third kappa shape index (κ3) is 7.47. The number of sulfonamides is 1. The zero-order valence-corrected chi connectivity index (χ0v) is 24.5. The highest BCUT2D eigenvalue weighted by Crippen LogP contribution is 2.27. The number of benzene rings is 3. The third-order valence-corrected chi connectivity index (χ3v) is 8.52. The molecule has 3 aromatic rings. The third-order valence-electron chi connectivity index (χ3n) is 6.73. The summed E-state index contributed by atoms with van der Waals surface area (Å²) in [5.41, 5.74) is 4.30. The zero-order chi connectivity index (χ0) is 28.7. The summed E-state index contributed by atoms with van der Waals surface area (Å²) in [6.07, 6.45) is 0. The molecular weight excluding hydrogens is 510 g/mol. The van der Waals surface area contributed by atoms with Gasteiger partial charge in [-0.3, -0.25) is 13.9 Å². The molecule has 1 atom stereocenters. The van der Waals surface area contributed by atoms with Gasteiger partial charge in [-0.15, -0.1) is 0 Å². The first kappa shape index (κ1) is 29.9. The average molecular weight is 550 g/mol. The van der Waals surface area contributed by atoms with Crippen LogP contribution in [0, 0.1) is 13.8 Å². The van der Waals surface area contributed by atoms with Gasteiger partial charge in [0.25, 0.3) is 10.0 Å². The summed E-state index contributed by atoms with van der Waals surface area (Å²) in [4.78, 5) is 28.2. The van der Waals surface area contributed by atoms with Gasteiger partial charge in [-0.1, -0.05) is 73.5 Å². The SMILES string of the molecule is CCNC(=O)C(C)N(Cc1ccc(C)cc1)C(=O)CN(c1ccc(C(C)C)cc1)S(=O)(=O)c1ccc(C)cc1. The second-order valence-corrected chi connectivity index (χ2v) is 12.0. The summed E-state index contributed by atoms with van der Waals surface area (Å²) >= 11 is 0. The standard InChI is InChI=1S/C31H39N3O4S/c1-7-32-31(36)25(6)33(20-26-12-8-23(4)9-13-26)30(35)21-34(28-16-14-27(15-17-28)22(2)3)39(37,38)29-18-10-24(5)11-19-29/h8-19,22,25H,7,20-21H2,1-6H3,(H,32,36). The fourth-order valence-electron chi connectivity index (χ4n) is 4.19. The van der Waals surface area contributed by atoms with Crippen LogP contribution in [-0.2, 0) is 26.2 Å². The molecule has 0 fully saturated rings. The van der Waals surface area contributed by atoms with Gasteiger partial charge in [0.05, 0.1) is 10.6 Å². The van der Waals surface area contributed by atoms with Crippen LogP contribution < -0.4 is 9.62 Å². The van der Waals surface area contributed by atoms with Crippen LogP contribution in [0.15, 0.2) is 77.7 Å². The molecule has 0 bridgehead atoms. The van der Waals surface area contributed by atoms with Crippen molar-refractivity contribution in [3.63, 3.8) is 0 Å². The van der Waals surface area contributed by atoms with Crippen molar-refractivity contribution in [1.82, 2.24) is 10.2 Å². The van der Waals surface area contributed by atoms with E-state index in [1.54, 1.807) is 43.3 Å². The van der Waals surface area contributed by atoms with Crippen molar-refractivity contribution in [3.05, 3.63) is 95.1 Å². The van der Waals surface area contributed by atoms with Gasteiger partial charge in [0.1, 0.15) is 12.6 Å². The van der Waals surface area contributed by atoms with E-state index in [4.69, 9.17) is 0 Å². The maximum absolute atomic E-state index is 13.9. The van der Waals surface area contributed by atoms with Crippen molar-refractivity contribution in [3.8, 4) is 0 Å². The van der Waals surface area contributed by atoms with Gasteiger partial charge in [0.2, 0.25) is 11.8 Å². The van der Waals surface area contributed by atoms with E-state index in [0.29, 0.717) is 12.2 Å². The molecule has 1 N–H and O–H groups in total. The number of carbonyl (C=O) groups excluding carboxylic acids is 2. The lowest BCUT2D eigenvalue weighted by molar-refractivity contribution is -0.139. The molecule has 0 aliphatic carbocycles. The largest absolute Gasteiger partial charge is 0.355 e. The Morgan fingerprint density at radius 1 is 0.821 bits per heavy atom. The molecule has 39 heavy (non-hydrogen) atoms. The Morgan fingerprint density at radius 2 is 1.36 bits per heavy atom. The lowest BCUT2D eigenvalue weighted by atomic mass is 10.0. The fourth-order valence-corrected chi connectivity index (χ4v) is 5.60. The number of aryl methyl sites for hydroxylation is 2. The molecule has 0 aromatic heterocycles. The lowest BCUT2D eigenvalue weighted by Crippen LogP contribution is -2.51. The highest BCUT2D eigenvalue weighted by molar-refractivity contribution is 7.92. The van der Waals surface area contributed by atoms with E-state index in [2.05, 4.69) is 19.2 Å². The molecule has 0 aliphatic rings. The van der Waals surface area contributed by atoms with Crippen molar-refractivity contribution < 1.29 is 18.0 Å². The Kier molecular flexibility index (Phi) is 9.92. The number of hydrogen-bond acceptors (Lipinski definition) is 4. The Hall–Kier alpha value is -3.65. The van der Waals surface area contributed by atoms with Crippen LogP contribution in [0.1, 0.15) is 55.9 Å². The van der Waals surface area contributed by atoms with E-state index in [9.17, 15) is 18.0 Å². The zero-order valence-electron chi connectivity index (χ0n) is 23.6. The first-order chi connectivity index (χ1) is 18.4. The minimum atomic E-state index is -4.08. The van der Waals surface area contributed by atoms with Gasteiger partial charge in [0, 0.05) is 13.1 Å². The number of anilines is 1. The monoisotopic (exact) mass is 549 g/mol. The molecule has 208 valence electrons. The second kappa shape index (κ2) is 12.9. The quantitative estimate of drug-likeness (QED) is 0.357. The van der Waals surface area contributed by atoms with Crippen molar-refractivity contribution in [2.45, 2.75) is 64.9 Å².